The van der Waals surface area contributed by atoms with Gasteiger partial charge in [0.25, 0.3) is 0 Å². The normalized spacial score (nSPS) is 17.2. The lowest BCUT2D eigenvalue weighted by Crippen LogP contribution is -2.34. The molecule has 3 aromatic carbocycles. The zero-order valence-corrected chi connectivity index (χ0v) is 20.4. The summed E-state index contributed by atoms with van der Waals surface area (Å²) in [5.74, 6) is 0.575. The Hall–Kier alpha value is -3.31. The zero-order valence-electron chi connectivity index (χ0n) is 18.8. The number of rotatable bonds is 3. The maximum atomic E-state index is 13.7. The van der Waals surface area contributed by atoms with E-state index in [9.17, 15) is 4.79 Å². The molecule has 0 aliphatic carbocycles. The maximum absolute atomic E-state index is 13.7. The number of nitrogens with one attached hydrogen (secondary N) is 2. The molecular formula is C28H25BrN2O2. The highest BCUT2D eigenvalue weighted by molar-refractivity contribution is 9.10. The smallest absolute Gasteiger partial charge is 0.198 e. The van der Waals surface area contributed by atoms with Crippen molar-refractivity contribution < 1.29 is 9.53 Å². The van der Waals surface area contributed by atoms with E-state index in [1.807, 2.05) is 60.8 Å². The van der Waals surface area contributed by atoms with Gasteiger partial charge in [0.1, 0.15) is 5.75 Å². The molecule has 166 valence electrons. The highest BCUT2D eigenvalue weighted by Gasteiger charge is 2.36. The van der Waals surface area contributed by atoms with Crippen molar-refractivity contribution in [1.29, 1.82) is 0 Å². The number of Topliss-reactive ketones (excluding diaryl/α,β-unsaturated/α-hetero) is 1. The van der Waals surface area contributed by atoms with E-state index in [1.54, 1.807) is 0 Å². The van der Waals surface area contributed by atoms with Crippen molar-refractivity contribution in [1.82, 2.24) is 10.3 Å². The van der Waals surface area contributed by atoms with Gasteiger partial charge >= 0.3 is 0 Å². The Morgan fingerprint density at radius 1 is 1.00 bits per heavy atom. The van der Waals surface area contributed by atoms with Gasteiger partial charge < -0.3 is 15.0 Å². The van der Waals surface area contributed by atoms with Crippen LogP contribution in [-0.4, -0.2) is 16.3 Å². The van der Waals surface area contributed by atoms with E-state index in [-0.39, 0.29) is 11.3 Å². The van der Waals surface area contributed by atoms with Crippen molar-refractivity contribution in [2.75, 3.05) is 0 Å². The first kappa shape index (κ1) is 21.5. The number of aromatic nitrogens is 1. The first-order valence-electron chi connectivity index (χ1n) is 11.0. The topological polar surface area (TPSA) is 54.1 Å². The Morgan fingerprint density at radius 3 is 2.48 bits per heavy atom. The van der Waals surface area contributed by atoms with Crippen LogP contribution in [0.1, 0.15) is 42.8 Å². The molecule has 0 saturated carbocycles. The van der Waals surface area contributed by atoms with E-state index in [0.717, 1.165) is 32.2 Å². The minimum Gasteiger partial charge on any atom is -0.480 e. The summed E-state index contributed by atoms with van der Waals surface area (Å²) in [5.41, 5.74) is 4.90. The highest BCUT2D eigenvalue weighted by Crippen LogP contribution is 2.44. The lowest BCUT2D eigenvalue weighted by Gasteiger charge is -2.30. The van der Waals surface area contributed by atoms with Crippen molar-refractivity contribution in [3.63, 3.8) is 0 Å². The number of carbonyl (C=O) groups excluding carboxylic acids is 1. The summed E-state index contributed by atoms with van der Waals surface area (Å²) in [6.45, 7) is 6.21. The second-order valence-electron chi connectivity index (χ2n) is 9.29. The van der Waals surface area contributed by atoms with Crippen LogP contribution in [0.2, 0.25) is 0 Å². The number of hydrogen-bond donors (Lipinski definition) is 2. The van der Waals surface area contributed by atoms with Gasteiger partial charge in [-0.25, -0.2) is 0 Å². The lowest BCUT2D eigenvalue weighted by atomic mass is 9.88. The third-order valence-corrected chi connectivity index (χ3v) is 6.20. The largest absolute Gasteiger partial charge is 0.480 e. The molecule has 0 bridgehead atoms. The van der Waals surface area contributed by atoms with Crippen molar-refractivity contribution >= 4 is 32.6 Å². The van der Waals surface area contributed by atoms with Crippen molar-refractivity contribution in [2.24, 2.45) is 0 Å². The van der Waals surface area contributed by atoms with Crippen molar-refractivity contribution in [3.8, 4) is 17.0 Å². The highest BCUT2D eigenvalue weighted by atomic mass is 79.9. The molecule has 5 heteroatoms. The molecule has 4 nitrogen and oxygen atoms in total. The number of fused-ring (bicyclic) bond motifs is 2. The van der Waals surface area contributed by atoms with Gasteiger partial charge in [-0.05, 0) is 56.7 Å². The Kier molecular flexibility index (Phi) is 5.37. The summed E-state index contributed by atoms with van der Waals surface area (Å²) in [7, 11) is 0. The molecule has 0 fully saturated rings. The number of ketones is 1. The van der Waals surface area contributed by atoms with Gasteiger partial charge in [-0.15, -0.1) is 0 Å². The Balaban J connectivity index is 1.78. The number of benzene rings is 3. The van der Waals surface area contributed by atoms with E-state index >= 15 is 0 Å². The molecule has 33 heavy (non-hydrogen) atoms. The van der Waals surface area contributed by atoms with E-state index in [4.69, 9.17) is 4.74 Å². The monoisotopic (exact) mass is 500 g/mol. The van der Waals surface area contributed by atoms with Gasteiger partial charge in [-0.2, -0.15) is 0 Å². The predicted octanol–water partition coefficient (Wildman–Crippen LogP) is 7.19. The van der Waals surface area contributed by atoms with Gasteiger partial charge in [-0.1, -0.05) is 58.4 Å². The average molecular weight is 501 g/mol. The quantitative estimate of drug-likeness (QED) is 0.292. The van der Waals surface area contributed by atoms with Crippen molar-refractivity contribution in [2.45, 2.75) is 32.4 Å². The number of hydrogen-bond acceptors (Lipinski definition) is 3. The van der Waals surface area contributed by atoms with Crippen LogP contribution >= 0.6 is 15.9 Å². The van der Waals surface area contributed by atoms with E-state index in [2.05, 4.69) is 65.2 Å². The van der Waals surface area contributed by atoms with E-state index < -0.39 is 6.10 Å². The van der Waals surface area contributed by atoms with Crippen LogP contribution in [0, 0.1) is 0 Å². The van der Waals surface area contributed by atoms with Gasteiger partial charge in [0.15, 0.2) is 11.9 Å². The summed E-state index contributed by atoms with van der Waals surface area (Å²) in [4.78, 5) is 17.3. The zero-order chi connectivity index (χ0) is 23.2. The second kappa shape index (κ2) is 8.23. The molecule has 1 aromatic heterocycles. The number of carbonyl (C=O) groups is 1. The Morgan fingerprint density at radius 2 is 1.73 bits per heavy atom. The van der Waals surface area contributed by atoms with E-state index in [1.165, 1.54) is 0 Å². The minimum absolute atomic E-state index is 0.0260. The maximum Gasteiger partial charge on any atom is 0.198 e. The van der Waals surface area contributed by atoms with Gasteiger partial charge in [0, 0.05) is 32.7 Å². The molecule has 0 spiro atoms. The van der Waals surface area contributed by atoms with Crippen LogP contribution in [0.5, 0.6) is 5.75 Å². The number of aromatic amines is 1. The molecule has 1 aliphatic heterocycles. The molecule has 2 N–H and O–H groups in total. The molecule has 0 saturated heterocycles. The second-order valence-corrected chi connectivity index (χ2v) is 10.2. The fraction of sp³-hybridized carbons (Fsp3) is 0.179. The summed E-state index contributed by atoms with van der Waals surface area (Å²) in [6.07, 6.45) is 1.26. The fourth-order valence-corrected chi connectivity index (χ4v) is 4.52. The molecular weight excluding hydrogens is 476 g/mol. The minimum atomic E-state index is -0.569. The fourth-order valence-electron chi connectivity index (χ4n) is 4.16. The first-order valence-corrected chi connectivity index (χ1v) is 11.8. The van der Waals surface area contributed by atoms with Gasteiger partial charge in [0.2, 0.25) is 0 Å². The summed E-state index contributed by atoms with van der Waals surface area (Å²) < 4.78 is 7.54. The molecule has 0 radical (unpaired) electrons. The Labute approximate surface area is 201 Å². The number of halogens is 1. The van der Waals surface area contributed by atoms with Crippen LogP contribution in [0.25, 0.3) is 22.2 Å². The number of H-pyrrole nitrogens is 1. The summed E-state index contributed by atoms with van der Waals surface area (Å²) in [5, 5.41) is 4.40. The van der Waals surface area contributed by atoms with Gasteiger partial charge in [0.05, 0.1) is 16.8 Å². The molecule has 4 aromatic rings. The molecule has 0 amide bonds. The van der Waals surface area contributed by atoms with Crippen LogP contribution in [0.3, 0.4) is 0 Å². The summed E-state index contributed by atoms with van der Waals surface area (Å²) >= 11 is 3.62. The third kappa shape index (κ3) is 4.09. The molecule has 1 unspecified atom stereocenters. The van der Waals surface area contributed by atoms with E-state index in [0.29, 0.717) is 16.9 Å². The molecule has 1 atom stereocenters. The van der Waals surface area contributed by atoms with Crippen LogP contribution < -0.4 is 10.1 Å². The summed E-state index contributed by atoms with van der Waals surface area (Å²) in [6, 6.07) is 23.8. The standard InChI is InChI=1S/C28H25BrN2O2/c1-28(2,3)30-16-21-26(32)19-11-7-8-12-23(19)33-27(21)24-20-15-18(29)13-14-22(20)31-25(24)17-9-5-4-6-10-17/h4-16,27,30-31H,1-3H3/b21-16+. The Bertz CT molecular complexity index is 1380. The molecule has 5 rings (SSSR count). The SMILES string of the molecule is CC(C)(C)N/C=C1\C(=O)c2ccccc2OC1c1c(-c2ccccc2)[nH]c2ccc(Br)cc12. The van der Waals surface area contributed by atoms with Crippen LogP contribution in [0.4, 0.5) is 0 Å². The van der Waals surface area contributed by atoms with Gasteiger partial charge in [-0.3, -0.25) is 4.79 Å². The van der Waals surface area contributed by atoms with Crippen molar-refractivity contribution in [3.05, 3.63) is 100 Å². The lowest BCUT2D eigenvalue weighted by molar-refractivity contribution is 0.0960. The number of ether oxygens (including phenoxy) is 1. The molecule has 2 heterocycles. The third-order valence-electron chi connectivity index (χ3n) is 5.71. The van der Waals surface area contributed by atoms with Crippen LogP contribution in [0.15, 0.2) is 89.0 Å². The predicted molar refractivity (Wildman–Crippen MR) is 137 cm³/mol. The molecule has 1 aliphatic rings. The average Bonchev–Trinajstić information content (AvgIpc) is 3.17. The van der Waals surface area contributed by atoms with Crippen LogP contribution in [-0.2, 0) is 0 Å². The first-order chi connectivity index (χ1) is 15.8. The number of para-hydroxylation sites is 1.